The Morgan fingerprint density at radius 1 is 0.932 bits per heavy atom. The minimum absolute atomic E-state index is 0.00882. The fraction of sp³-hybridized carbons (Fsp3) is 0.294. The van der Waals surface area contributed by atoms with Crippen molar-refractivity contribution in [1.29, 1.82) is 0 Å². The predicted octanol–water partition coefficient (Wildman–Crippen LogP) is 5.63. The van der Waals surface area contributed by atoms with E-state index in [1.165, 1.54) is 9.47 Å². The number of ether oxygens (including phenoxy) is 2. The van der Waals surface area contributed by atoms with Crippen LogP contribution < -0.4 is 5.32 Å². The molecular weight excluding hydrogens is 562 g/mol. The van der Waals surface area contributed by atoms with Gasteiger partial charge in [-0.05, 0) is 61.2 Å². The van der Waals surface area contributed by atoms with Crippen molar-refractivity contribution in [2.45, 2.75) is 50.8 Å². The summed E-state index contributed by atoms with van der Waals surface area (Å²) < 4.78 is 12.4. The van der Waals surface area contributed by atoms with Crippen molar-refractivity contribution in [1.82, 2.24) is 14.8 Å². The Morgan fingerprint density at radius 3 is 2.23 bits per heavy atom. The van der Waals surface area contributed by atoms with Gasteiger partial charge in [0.1, 0.15) is 18.2 Å². The Balaban J connectivity index is 1.14. The summed E-state index contributed by atoms with van der Waals surface area (Å²) >= 11 is 0. The largest absolute Gasteiger partial charge is 0.480 e. The molecule has 3 aromatic carbocycles. The molecule has 2 heterocycles. The van der Waals surface area contributed by atoms with Gasteiger partial charge in [-0.3, -0.25) is 9.36 Å². The number of carboxylic acids is 1. The summed E-state index contributed by atoms with van der Waals surface area (Å²) in [6, 6.07) is 20.8. The van der Waals surface area contributed by atoms with Crippen LogP contribution in [0.5, 0.6) is 0 Å². The van der Waals surface area contributed by atoms with Gasteiger partial charge in [0.05, 0.1) is 11.6 Å². The molecule has 2 amide bonds. The average Bonchev–Trinajstić information content (AvgIpc) is 3.68. The van der Waals surface area contributed by atoms with Crippen LogP contribution in [0.25, 0.3) is 22.0 Å². The van der Waals surface area contributed by atoms with Crippen molar-refractivity contribution >= 4 is 35.0 Å². The molecule has 1 fully saturated rings. The molecule has 6 rings (SSSR count). The predicted molar refractivity (Wildman–Crippen MR) is 163 cm³/mol. The summed E-state index contributed by atoms with van der Waals surface area (Å²) in [6.07, 6.45) is 0.333. The number of carbonyl (C=O) groups is 4. The summed E-state index contributed by atoms with van der Waals surface area (Å²) in [5, 5.41) is 13.4. The lowest BCUT2D eigenvalue weighted by Crippen LogP contribution is -2.41. The molecule has 2 N–H and O–H groups in total. The van der Waals surface area contributed by atoms with Crippen LogP contribution in [-0.2, 0) is 14.3 Å². The molecular formula is C34H33N3O7. The van der Waals surface area contributed by atoms with Gasteiger partial charge in [0.2, 0.25) is 0 Å². The maximum atomic E-state index is 13.6. The standard InChI is InChI=1S/C34H33N3O7/c1-34(2,3)44-33(42)36-15-14-20-12-13-21(16-28(20)36)30(38)37-18-22(17-29(37)31(39)40)35-32(41)43-19-27-25-10-6-4-8-23(25)24-9-5-7-11-26(24)27/h4-16,22,27,29H,17-19H2,1-3H3,(H,35,41)(H,39,40)/t22-,29-/m0/s1. The smallest absolute Gasteiger partial charge is 0.418 e. The summed E-state index contributed by atoms with van der Waals surface area (Å²) in [7, 11) is 0. The number of rotatable bonds is 5. The van der Waals surface area contributed by atoms with Crippen molar-refractivity contribution in [2.24, 2.45) is 0 Å². The Hall–Kier alpha value is -5.12. The molecule has 0 spiro atoms. The van der Waals surface area contributed by atoms with Crippen LogP contribution in [0.15, 0.2) is 79.0 Å². The quantitative estimate of drug-likeness (QED) is 0.306. The van der Waals surface area contributed by atoms with Crippen LogP contribution in [0, 0.1) is 0 Å². The zero-order valence-electron chi connectivity index (χ0n) is 24.7. The lowest BCUT2D eigenvalue weighted by Gasteiger charge is -2.22. The number of nitrogens with one attached hydrogen (secondary N) is 1. The van der Waals surface area contributed by atoms with E-state index in [0.717, 1.165) is 27.6 Å². The van der Waals surface area contributed by atoms with Gasteiger partial charge in [0.25, 0.3) is 5.91 Å². The highest BCUT2D eigenvalue weighted by Gasteiger charge is 2.41. The van der Waals surface area contributed by atoms with Crippen LogP contribution in [0.3, 0.4) is 0 Å². The number of likely N-dealkylation sites (tertiary alicyclic amines) is 1. The molecule has 0 unspecified atom stereocenters. The fourth-order valence-corrected chi connectivity index (χ4v) is 6.10. The molecule has 1 saturated heterocycles. The Labute approximate surface area is 254 Å². The van der Waals surface area contributed by atoms with E-state index < -0.39 is 41.7 Å². The van der Waals surface area contributed by atoms with Crippen LogP contribution in [-0.4, -0.2) is 69.5 Å². The zero-order chi connectivity index (χ0) is 31.2. The second-order valence-corrected chi connectivity index (χ2v) is 12.2. The average molecular weight is 596 g/mol. The third kappa shape index (κ3) is 5.50. The Bertz CT molecular complexity index is 1740. The van der Waals surface area contributed by atoms with Crippen molar-refractivity contribution in [2.75, 3.05) is 13.2 Å². The summed E-state index contributed by atoms with van der Waals surface area (Å²) in [5.74, 6) is -1.81. The molecule has 0 bridgehead atoms. The van der Waals surface area contributed by atoms with Crippen LogP contribution >= 0.6 is 0 Å². The second-order valence-electron chi connectivity index (χ2n) is 12.2. The topological polar surface area (TPSA) is 127 Å². The van der Waals surface area contributed by atoms with Crippen LogP contribution in [0.4, 0.5) is 9.59 Å². The van der Waals surface area contributed by atoms with Crippen molar-refractivity contribution in [3.05, 3.63) is 95.7 Å². The number of hydrogen-bond acceptors (Lipinski definition) is 6. The van der Waals surface area contributed by atoms with E-state index in [0.29, 0.717) is 5.52 Å². The summed E-state index contributed by atoms with van der Waals surface area (Å²) in [5.41, 5.74) is 4.37. The van der Waals surface area contributed by atoms with E-state index in [1.54, 1.807) is 51.2 Å². The lowest BCUT2D eigenvalue weighted by atomic mass is 9.98. The van der Waals surface area contributed by atoms with E-state index in [9.17, 15) is 24.3 Å². The number of carbonyl (C=O) groups excluding carboxylic acids is 3. The highest BCUT2D eigenvalue weighted by atomic mass is 16.6. The first kappa shape index (κ1) is 29.0. The summed E-state index contributed by atoms with van der Waals surface area (Å²) in [4.78, 5) is 52.6. The Kier molecular flexibility index (Phi) is 7.36. The molecule has 10 heteroatoms. The van der Waals surface area contributed by atoms with Gasteiger partial charge in [-0.1, -0.05) is 54.6 Å². The van der Waals surface area contributed by atoms with E-state index in [4.69, 9.17) is 9.47 Å². The molecule has 4 aromatic rings. The maximum Gasteiger partial charge on any atom is 0.418 e. The molecule has 44 heavy (non-hydrogen) atoms. The van der Waals surface area contributed by atoms with Crippen molar-refractivity contribution in [3.63, 3.8) is 0 Å². The SMILES string of the molecule is CC(C)(C)OC(=O)n1ccc2ccc(C(=O)N3C[C@@H](NC(=O)OCC4c5ccccc5-c5ccccc54)C[C@H]3C(=O)O)cc21. The van der Waals surface area contributed by atoms with E-state index in [2.05, 4.69) is 17.4 Å². The number of aliphatic carboxylic acids is 1. The van der Waals surface area contributed by atoms with Gasteiger partial charge in [0.15, 0.2) is 0 Å². The van der Waals surface area contributed by atoms with E-state index in [-0.39, 0.29) is 31.1 Å². The highest BCUT2D eigenvalue weighted by Crippen LogP contribution is 2.44. The second kappa shape index (κ2) is 11.2. The van der Waals surface area contributed by atoms with Crippen molar-refractivity contribution < 1.29 is 33.8 Å². The first-order chi connectivity index (χ1) is 21.0. The molecule has 2 atom stereocenters. The first-order valence-corrected chi connectivity index (χ1v) is 14.5. The zero-order valence-corrected chi connectivity index (χ0v) is 24.7. The highest BCUT2D eigenvalue weighted by molar-refractivity contribution is 6.01. The number of carboxylic acid groups (broad SMARTS) is 1. The van der Waals surface area contributed by atoms with E-state index >= 15 is 0 Å². The lowest BCUT2D eigenvalue weighted by molar-refractivity contribution is -0.141. The van der Waals surface area contributed by atoms with Crippen molar-refractivity contribution in [3.8, 4) is 11.1 Å². The first-order valence-electron chi connectivity index (χ1n) is 14.5. The number of nitrogens with zero attached hydrogens (tertiary/aromatic N) is 2. The van der Waals surface area contributed by atoms with Crippen LogP contribution in [0.2, 0.25) is 0 Å². The van der Waals surface area contributed by atoms with Gasteiger partial charge < -0.3 is 24.8 Å². The molecule has 0 saturated carbocycles. The number of fused-ring (bicyclic) bond motifs is 4. The molecule has 2 aliphatic rings. The molecule has 1 aromatic heterocycles. The number of amides is 2. The summed E-state index contributed by atoms with van der Waals surface area (Å²) in [6.45, 7) is 5.40. The molecule has 0 radical (unpaired) electrons. The van der Waals surface area contributed by atoms with Gasteiger partial charge in [-0.25, -0.2) is 14.4 Å². The van der Waals surface area contributed by atoms with Gasteiger partial charge in [-0.15, -0.1) is 0 Å². The van der Waals surface area contributed by atoms with Crippen LogP contribution in [0.1, 0.15) is 54.6 Å². The number of hydrogen-bond donors (Lipinski definition) is 2. The number of aromatic nitrogens is 1. The molecule has 10 nitrogen and oxygen atoms in total. The fourth-order valence-electron chi connectivity index (χ4n) is 6.10. The minimum atomic E-state index is -1.17. The minimum Gasteiger partial charge on any atom is -0.480 e. The normalized spacial score (nSPS) is 17.7. The Morgan fingerprint density at radius 2 is 1.59 bits per heavy atom. The number of benzene rings is 3. The van der Waals surface area contributed by atoms with Gasteiger partial charge in [-0.2, -0.15) is 0 Å². The van der Waals surface area contributed by atoms with E-state index in [1.807, 2.05) is 36.4 Å². The third-order valence-corrected chi connectivity index (χ3v) is 8.04. The van der Waals surface area contributed by atoms with Gasteiger partial charge in [0, 0.05) is 36.0 Å². The maximum absolute atomic E-state index is 13.6. The molecule has 226 valence electrons. The monoisotopic (exact) mass is 595 g/mol. The molecule has 1 aliphatic heterocycles. The van der Waals surface area contributed by atoms with Gasteiger partial charge >= 0.3 is 18.2 Å². The third-order valence-electron chi connectivity index (χ3n) is 8.04. The molecule has 1 aliphatic carbocycles. The number of alkyl carbamates (subject to hydrolysis) is 1.